The van der Waals surface area contributed by atoms with Crippen LogP contribution < -0.4 is 0 Å². The molecular formula is C11H9ClFNO3. The van der Waals surface area contributed by atoms with Gasteiger partial charge in [-0.3, -0.25) is 0 Å². The highest BCUT2D eigenvalue weighted by atomic mass is 35.5. The topological polar surface area (TPSA) is 58.9 Å². The number of halogens is 2. The summed E-state index contributed by atoms with van der Waals surface area (Å²) in [6.07, 6.45) is 0.0715. The molecule has 90 valence electrons. The Kier molecular flexibility index (Phi) is 2.79. The molecule has 1 heterocycles. The SMILES string of the molecule is CC1(C(=O)O)CC(c2cc(F)cc(Cl)c2)=NO1. The summed E-state index contributed by atoms with van der Waals surface area (Å²) in [4.78, 5) is 15.8. The smallest absolute Gasteiger partial charge is 0.351 e. The fourth-order valence-electron chi connectivity index (χ4n) is 1.53. The van der Waals surface area contributed by atoms with Crippen LogP contribution in [0.15, 0.2) is 23.4 Å². The standard InChI is InChI=1S/C11H9ClFNO3/c1-11(10(15)16)5-9(14-17-11)6-2-7(12)4-8(13)3-6/h2-4H,5H2,1H3,(H,15,16). The van der Waals surface area contributed by atoms with Crippen molar-refractivity contribution in [3.05, 3.63) is 34.6 Å². The van der Waals surface area contributed by atoms with Crippen LogP contribution >= 0.6 is 11.6 Å². The predicted octanol–water partition coefficient (Wildman–Crippen LogP) is 2.45. The molecule has 0 amide bonds. The van der Waals surface area contributed by atoms with Crippen molar-refractivity contribution in [3.8, 4) is 0 Å². The summed E-state index contributed by atoms with van der Waals surface area (Å²) in [6.45, 7) is 1.41. The number of aliphatic carboxylic acids is 1. The van der Waals surface area contributed by atoms with E-state index in [9.17, 15) is 9.18 Å². The largest absolute Gasteiger partial charge is 0.478 e. The Morgan fingerprint density at radius 3 is 2.82 bits per heavy atom. The maximum atomic E-state index is 13.1. The van der Waals surface area contributed by atoms with Gasteiger partial charge >= 0.3 is 5.97 Å². The van der Waals surface area contributed by atoms with Gasteiger partial charge in [0.2, 0.25) is 5.60 Å². The molecule has 6 heteroatoms. The van der Waals surface area contributed by atoms with Crippen LogP contribution in [0.25, 0.3) is 0 Å². The maximum absolute atomic E-state index is 13.1. The van der Waals surface area contributed by atoms with Crippen molar-refractivity contribution in [1.82, 2.24) is 0 Å². The van der Waals surface area contributed by atoms with Crippen LogP contribution in [0.3, 0.4) is 0 Å². The molecule has 1 aliphatic rings. The summed E-state index contributed by atoms with van der Waals surface area (Å²) in [7, 11) is 0. The molecule has 1 unspecified atom stereocenters. The van der Waals surface area contributed by atoms with Crippen LogP contribution in [0, 0.1) is 5.82 Å². The number of carboxylic acids is 1. The first-order chi connectivity index (χ1) is 7.90. The molecule has 0 aliphatic carbocycles. The molecule has 1 aliphatic heterocycles. The zero-order valence-corrected chi connectivity index (χ0v) is 9.66. The van der Waals surface area contributed by atoms with E-state index in [4.69, 9.17) is 21.5 Å². The van der Waals surface area contributed by atoms with Crippen LogP contribution in [0.5, 0.6) is 0 Å². The third kappa shape index (κ3) is 2.24. The van der Waals surface area contributed by atoms with Gasteiger partial charge in [-0.15, -0.1) is 0 Å². The van der Waals surface area contributed by atoms with Gasteiger partial charge in [0.1, 0.15) is 5.82 Å². The molecule has 1 atom stereocenters. The molecule has 17 heavy (non-hydrogen) atoms. The summed E-state index contributed by atoms with van der Waals surface area (Å²) in [5.41, 5.74) is -0.593. The quantitative estimate of drug-likeness (QED) is 0.885. The van der Waals surface area contributed by atoms with Crippen molar-refractivity contribution in [2.75, 3.05) is 0 Å². The average Bonchev–Trinajstić information content (AvgIpc) is 2.61. The fourth-order valence-corrected chi connectivity index (χ4v) is 1.75. The number of carboxylic acid groups (broad SMARTS) is 1. The van der Waals surface area contributed by atoms with E-state index in [0.717, 1.165) is 6.07 Å². The molecule has 1 N–H and O–H groups in total. The molecule has 0 spiro atoms. The van der Waals surface area contributed by atoms with E-state index in [2.05, 4.69) is 5.16 Å². The first-order valence-corrected chi connectivity index (χ1v) is 5.23. The van der Waals surface area contributed by atoms with Crippen molar-refractivity contribution in [1.29, 1.82) is 0 Å². The maximum Gasteiger partial charge on any atom is 0.351 e. The molecule has 4 nitrogen and oxygen atoms in total. The minimum absolute atomic E-state index is 0.0715. The zero-order valence-electron chi connectivity index (χ0n) is 8.91. The third-order valence-electron chi connectivity index (χ3n) is 2.51. The predicted molar refractivity (Wildman–Crippen MR) is 59.7 cm³/mol. The van der Waals surface area contributed by atoms with E-state index in [-0.39, 0.29) is 11.4 Å². The fraction of sp³-hybridized carbons (Fsp3) is 0.273. The summed E-state index contributed by atoms with van der Waals surface area (Å²) in [6, 6.07) is 3.92. The van der Waals surface area contributed by atoms with Crippen molar-refractivity contribution in [2.24, 2.45) is 5.16 Å². The number of hydrogen-bond donors (Lipinski definition) is 1. The highest BCUT2D eigenvalue weighted by Gasteiger charge is 2.42. The molecule has 2 rings (SSSR count). The number of nitrogens with zero attached hydrogens (tertiary/aromatic N) is 1. The summed E-state index contributed by atoms with van der Waals surface area (Å²) >= 11 is 5.71. The zero-order chi connectivity index (χ0) is 12.6. The number of carbonyl (C=O) groups is 1. The van der Waals surface area contributed by atoms with Gasteiger partial charge in [0.15, 0.2) is 0 Å². The van der Waals surface area contributed by atoms with Gasteiger partial charge in [0, 0.05) is 17.0 Å². The highest BCUT2D eigenvalue weighted by Crippen LogP contribution is 2.28. The van der Waals surface area contributed by atoms with Gasteiger partial charge in [-0.05, 0) is 25.1 Å². The number of rotatable bonds is 2. The molecule has 0 saturated heterocycles. The van der Waals surface area contributed by atoms with E-state index in [1.807, 2.05) is 0 Å². The van der Waals surface area contributed by atoms with Crippen molar-refractivity contribution < 1.29 is 19.1 Å². The van der Waals surface area contributed by atoms with Gasteiger partial charge in [0.25, 0.3) is 0 Å². The summed E-state index contributed by atoms with van der Waals surface area (Å²) in [5, 5.41) is 12.8. The highest BCUT2D eigenvalue weighted by molar-refractivity contribution is 6.31. The number of benzene rings is 1. The van der Waals surface area contributed by atoms with Crippen LogP contribution in [0.1, 0.15) is 18.9 Å². The monoisotopic (exact) mass is 257 g/mol. The van der Waals surface area contributed by atoms with Crippen LogP contribution in [0.4, 0.5) is 4.39 Å². The van der Waals surface area contributed by atoms with Crippen LogP contribution in [-0.2, 0) is 9.63 Å². The summed E-state index contributed by atoms with van der Waals surface area (Å²) in [5.74, 6) is -1.61. The Bertz CT molecular complexity index is 497. The Hall–Kier alpha value is -1.62. The molecule has 0 radical (unpaired) electrons. The van der Waals surface area contributed by atoms with Crippen molar-refractivity contribution in [3.63, 3.8) is 0 Å². The molecule has 1 aromatic rings. The minimum atomic E-state index is -1.39. The minimum Gasteiger partial charge on any atom is -0.478 e. The normalized spacial score (nSPS) is 23.1. The van der Waals surface area contributed by atoms with Gasteiger partial charge in [-0.2, -0.15) is 0 Å². The van der Waals surface area contributed by atoms with Gasteiger partial charge in [-0.25, -0.2) is 9.18 Å². The summed E-state index contributed by atoms with van der Waals surface area (Å²) < 4.78 is 13.1. The van der Waals surface area contributed by atoms with Gasteiger partial charge in [0.05, 0.1) is 5.71 Å². The van der Waals surface area contributed by atoms with Crippen LogP contribution in [-0.4, -0.2) is 22.4 Å². The van der Waals surface area contributed by atoms with Gasteiger partial charge in [-0.1, -0.05) is 16.8 Å². The number of oxime groups is 1. The third-order valence-corrected chi connectivity index (χ3v) is 2.73. The Balaban J connectivity index is 2.29. The molecule has 0 saturated carbocycles. The van der Waals surface area contributed by atoms with Crippen molar-refractivity contribution in [2.45, 2.75) is 18.9 Å². The van der Waals surface area contributed by atoms with E-state index in [1.54, 1.807) is 0 Å². The lowest BCUT2D eigenvalue weighted by molar-refractivity contribution is -0.160. The lowest BCUT2D eigenvalue weighted by atomic mass is 9.96. The Labute approximate surface area is 102 Å². The molecule has 0 fully saturated rings. The molecular weight excluding hydrogens is 249 g/mol. The van der Waals surface area contributed by atoms with E-state index < -0.39 is 17.4 Å². The Morgan fingerprint density at radius 1 is 1.59 bits per heavy atom. The van der Waals surface area contributed by atoms with Crippen molar-refractivity contribution >= 4 is 23.3 Å². The second-order valence-corrected chi connectivity index (χ2v) is 4.44. The molecule has 0 bridgehead atoms. The first-order valence-electron chi connectivity index (χ1n) is 4.86. The molecule has 1 aromatic carbocycles. The van der Waals surface area contributed by atoms with E-state index in [0.29, 0.717) is 11.3 Å². The lowest BCUT2D eigenvalue weighted by Crippen LogP contribution is -2.35. The Morgan fingerprint density at radius 2 is 2.29 bits per heavy atom. The van der Waals surface area contributed by atoms with E-state index in [1.165, 1.54) is 19.1 Å². The first kappa shape index (κ1) is 11.9. The second kappa shape index (κ2) is 4.00. The van der Waals surface area contributed by atoms with Crippen LogP contribution in [0.2, 0.25) is 5.02 Å². The lowest BCUT2D eigenvalue weighted by Gasteiger charge is -2.14. The average molecular weight is 258 g/mol. The second-order valence-electron chi connectivity index (χ2n) is 4.00. The van der Waals surface area contributed by atoms with Gasteiger partial charge < -0.3 is 9.94 Å². The molecule has 0 aromatic heterocycles. The number of hydrogen-bond acceptors (Lipinski definition) is 3. The van der Waals surface area contributed by atoms with E-state index >= 15 is 0 Å².